The average Bonchev–Trinajstić information content (AvgIpc) is 3.09. The standard InChI is InChI=1S/C40H44N2O2/c1-3-41(37(33-20-9-5-10-21-33)39(43)35-24-13-7-14-25-35)29-31-18-17-19-32(28-31)30-42(4-2)38(34-22-11-6-12-23-34)40(44)36-26-15-8-16-27-36/h5-28,37-40,43-44H,3-4,29-30H2,1-2H3/t37-,38-,39+,40+/m1/s1. The number of hydrogen-bond donors (Lipinski definition) is 2. The van der Waals surface area contributed by atoms with Crippen LogP contribution in [0, 0.1) is 0 Å². The number of aliphatic hydroxyl groups is 2. The molecule has 0 bridgehead atoms. The summed E-state index contributed by atoms with van der Waals surface area (Å²) in [4.78, 5) is 4.71. The van der Waals surface area contributed by atoms with Crippen molar-refractivity contribution in [2.75, 3.05) is 13.1 Å². The lowest BCUT2D eigenvalue weighted by atomic mass is 9.93. The van der Waals surface area contributed by atoms with Gasteiger partial charge in [0.05, 0.1) is 24.3 Å². The summed E-state index contributed by atoms with van der Waals surface area (Å²) in [6.07, 6.45) is -1.33. The summed E-state index contributed by atoms with van der Waals surface area (Å²) < 4.78 is 0. The first-order chi connectivity index (χ1) is 21.6. The van der Waals surface area contributed by atoms with Gasteiger partial charge >= 0.3 is 0 Å². The van der Waals surface area contributed by atoms with Crippen LogP contribution in [-0.2, 0) is 13.1 Å². The second kappa shape index (κ2) is 15.6. The van der Waals surface area contributed by atoms with Crippen LogP contribution in [0.1, 0.15) is 71.5 Å². The van der Waals surface area contributed by atoms with Gasteiger partial charge in [0.1, 0.15) is 0 Å². The Morgan fingerprint density at radius 1 is 0.432 bits per heavy atom. The first-order valence-electron chi connectivity index (χ1n) is 15.7. The van der Waals surface area contributed by atoms with Crippen molar-refractivity contribution in [1.82, 2.24) is 9.80 Å². The van der Waals surface area contributed by atoms with Gasteiger partial charge in [-0.25, -0.2) is 0 Å². The maximum absolute atomic E-state index is 11.7. The first kappa shape index (κ1) is 31.4. The Morgan fingerprint density at radius 2 is 0.750 bits per heavy atom. The Labute approximate surface area is 262 Å². The summed E-state index contributed by atoms with van der Waals surface area (Å²) in [5.74, 6) is 0. The largest absolute Gasteiger partial charge is 0.386 e. The minimum atomic E-state index is -0.663. The molecule has 0 saturated carbocycles. The van der Waals surface area contributed by atoms with Crippen molar-refractivity contribution in [3.8, 4) is 0 Å². The molecule has 0 heterocycles. The zero-order valence-corrected chi connectivity index (χ0v) is 25.8. The lowest BCUT2D eigenvalue weighted by Crippen LogP contribution is -2.33. The van der Waals surface area contributed by atoms with E-state index < -0.39 is 12.2 Å². The van der Waals surface area contributed by atoms with E-state index in [4.69, 9.17) is 0 Å². The van der Waals surface area contributed by atoms with E-state index in [0.717, 1.165) is 35.3 Å². The first-order valence-corrected chi connectivity index (χ1v) is 15.7. The van der Waals surface area contributed by atoms with E-state index in [0.29, 0.717) is 13.1 Å². The molecular formula is C40H44N2O2. The molecule has 0 aliphatic carbocycles. The fourth-order valence-electron chi connectivity index (χ4n) is 6.26. The Balaban J connectivity index is 1.41. The zero-order valence-electron chi connectivity index (χ0n) is 25.8. The molecule has 0 aliphatic rings. The highest BCUT2D eigenvalue weighted by Gasteiger charge is 2.30. The number of nitrogens with zero attached hydrogens (tertiary/aromatic N) is 2. The molecule has 226 valence electrons. The highest BCUT2D eigenvalue weighted by Crippen LogP contribution is 2.37. The summed E-state index contributed by atoms with van der Waals surface area (Å²) in [6.45, 7) is 7.29. The molecule has 0 aromatic heterocycles. The lowest BCUT2D eigenvalue weighted by molar-refractivity contribution is 0.0443. The predicted molar refractivity (Wildman–Crippen MR) is 180 cm³/mol. The molecule has 0 unspecified atom stereocenters. The van der Waals surface area contributed by atoms with Crippen molar-refractivity contribution in [2.24, 2.45) is 0 Å². The SMILES string of the molecule is CCN(Cc1cccc(CN(CC)[C@H](c2ccccc2)[C@@H](O)c2ccccc2)c1)[C@H](c1ccccc1)[C@@H](O)c1ccccc1. The summed E-state index contributed by atoms with van der Waals surface area (Å²) in [5, 5.41) is 23.3. The number of rotatable bonds is 14. The minimum absolute atomic E-state index is 0.192. The number of hydrogen-bond acceptors (Lipinski definition) is 4. The Kier molecular flexibility index (Phi) is 11.1. The van der Waals surface area contributed by atoms with Gasteiger partial charge < -0.3 is 10.2 Å². The van der Waals surface area contributed by atoms with Crippen molar-refractivity contribution in [1.29, 1.82) is 0 Å². The molecule has 44 heavy (non-hydrogen) atoms. The number of aliphatic hydroxyl groups excluding tert-OH is 2. The van der Waals surface area contributed by atoms with Crippen molar-refractivity contribution in [2.45, 2.75) is 51.2 Å². The predicted octanol–water partition coefficient (Wildman–Crippen LogP) is 8.28. The topological polar surface area (TPSA) is 46.9 Å². The van der Waals surface area contributed by atoms with Gasteiger partial charge in [-0.3, -0.25) is 9.80 Å². The third-order valence-electron chi connectivity index (χ3n) is 8.52. The van der Waals surface area contributed by atoms with Crippen LogP contribution in [0.25, 0.3) is 0 Å². The van der Waals surface area contributed by atoms with Crippen molar-refractivity contribution in [3.05, 3.63) is 179 Å². The number of benzene rings is 5. The zero-order chi connectivity index (χ0) is 30.7. The van der Waals surface area contributed by atoms with Gasteiger partial charge in [0, 0.05) is 13.1 Å². The fraction of sp³-hybridized carbons (Fsp3) is 0.250. The van der Waals surface area contributed by atoms with Gasteiger partial charge in [-0.05, 0) is 46.5 Å². The van der Waals surface area contributed by atoms with Crippen LogP contribution in [-0.4, -0.2) is 33.1 Å². The monoisotopic (exact) mass is 584 g/mol. The average molecular weight is 585 g/mol. The second-order valence-corrected chi connectivity index (χ2v) is 11.4. The van der Waals surface area contributed by atoms with E-state index in [1.165, 1.54) is 11.1 Å². The summed E-state index contributed by atoms with van der Waals surface area (Å²) >= 11 is 0. The van der Waals surface area contributed by atoms with Gasteiger partial charge in [-0.1, -0.05) is 159 Å². The van der Waals surface area contributed by atoms with E-state index in [2.05, 4.69) is 72.2 Å². The summed E-state index contributed by atoms with van der Waals surface area (Å²) in [5.41, 5.74) is 6.41. The van der Waals surface area contributed by atoms with Gasteiger partial charge in [-0.15, -0.1) is 0 Å². The van der Waals surface area contributed by atoms with Crippen molar-refractivity contribution < 1.29 is 10.2 Å². The molecule has 0 aliphatic heterocycles. The van der Waals surface area contributed by atoms with Gasteiger partial charge in [-0.2, -0.15) is 0 Å². The molecule has 0 amide bonds. The lowest BCUT2D eigenvalue weighted by Gasteiger charge is -2.36. The molecule has 4 heteroatoms. The highest BCUT2D eigenvalue weighted by molar-refractivity contribution is 5.30. The Bertz CT molecular complexity index is 1420. The maximum Gasteiger partial charge on any atom is 0.0986 e. The molecule has 0 radical (unpaired) electrons. The molecule has 4 atom stereocenters. The van der Waals surface area contributed by atoms with Crippen LogP contribution in [0.3, 0.4) is 0 Å². The van der Waals surface area contributed by atoms with Crippen LogP contribution in [0.4, 0.5) is 0 Å². The van der Waals surface area contributed by atoms with E-state index in [1.54, 1.807) is 0 Å². The highest BCUT2D eigenvalue weighted by atomic mass is 16.3. The molecular weight excluding hydrogens is 540 g/mol. The van der Waals surface area contributed by atoms with Gasteiger partial charge in [0.15, 0.2) is 0 Å². The van der Waals surface area contributed by atoms with E-state index >= 15 is 0 Å². The summed E-state index contributed by atoms with van der Waals surface area (Å²) in [7, 11) is 0. The summed E-state index contributed by atoms with van der Waals surface area (Å²) in [6, 6.07) is 48.9. The number of likely N-dealkylation sites (N-methyl/N-ethyl adjacent to an activating group) is 2. The van der Waals surface area contributed by atoms with E-state index in [9.17, 15) is 10.2 Å². The van der Waals surface area contributed by atoms with Crippen LogP contribution in [0.2, 0.25) is 0 Å². The smallest absolute Gasteiger partial charge is 0.0986 e. The van der Waals surface area contributed by atoms with Gasteiger partial charge in [0.2, 0.25) is 0 Å². The molecule has 5 aromatic rings. The van der Waals surface area contributed by atoms with Crippen LogP contribution < -0.4 is 0 Å². The van der Waals surface area contributed by atoms with E-state index in [1.807, 2.05) is 97.1 Å². The maximum atomic E-state index is 11.7. The van der Waals surface area contributed by atoms with Gasteiger partial charge in [0.25, 0.3) is 0 Å². The second-order valence-electron chi connectivity index (χ2n) is 11.4. The molecule has 5 rings (SSSR count). The van der Waals surface area contributed by atoms with Crippen LogP contribution in [0.15, 0.2) is 146 Å². The normalized spacial score (nSPS) is 14.3. The Morgan fingerprint density at radius 3 is 1.07 bits per heavy atom. The third kappa shape index (κ3) is 7.71. The van der Waals surface area contributed by atoms with E-state index in [-0.39, 0.29) is 12.1 Å². The molecule has 4 nitrogen and oxygen atoms in total. The molecule has 2 N–H and O–H groups in total. The molecule has 0 spiro atoms. The van der Waals surface area contributed by atoms with Crippen molar-refractivity contribution in [3.63, 3.8) is 0 Å². The quantitative estimate of drug-likeness (QED) is 0.138. The van der Waals surface area contributed by atoms with Crippen LogP contribution >= 0.6 is 0 Å². The van der Waals surface area contributed by atoms with Crippen LogP contribution in [0.5, 0.6) is 0 Å². The van der Waals surface area contributed by atoms with Crippen molar-refractivity contribution >= 4 is 0 Å². The molecule has 5 aromatic carbocycles. The molecule has 0 fully saturated rings. The third-order valence-corrected chi connectivity index (χ3v) is 8.52. The Hall–Kier alpha value is -4.06. The molecule has 0 saturated heterocycles. The minimum Gasteiger partial charge on any atom is -0.386 e. The fourth-order valence-corrected chi connectivity index (χ4v) is 6.26.